The van der Waals surface area contributed by atoms with Crippen molar-refractivity contribution in [1.29, 1.82) is 0 Å². The van der Waals surface area contributed by atoms with Crippen LogP contribution in [0.2, 0.25) is 0 Å². The Hall–Kier alpha value is -8.40. The van der Waals surface area contributed by atoms with Crippen LogP contribution in [-0.2, 0) is 0 Å². The Kier molecular flexibility index (Phi) is 7.91. The number of aromatic nitrogens is 3. The molecule has 294 valence electrons. The molecule has 63 heavy (non-hydrogen) atoms. The maximum absolute atomic E-state index is 2.50. The summed E-state index contributed by atoms with van der Waals surface area (Å²) in [5.74, 6) is 0. The zero-order chi connectivity index (χ0) is 41.4. The third-order valence-electron chi connectivity index (χ3n) is 13.0. The van der Waals surface area contributed by atoms with Crippen molar-refractivity contribution in [2.45, 2.75) is 0 Å². The smallest absolute Gasteiger partial charge is 0.0788 e. The highest BCUT2D eigenvalue weighted by Crippen LogP contribution is 2.44. The molecule has 0 saturated heterocycles. The highest BCUT2D eigenvalue weighted by molar-refractivity contribution is 6.24. The first-order valence-corrected chi connectivity index (χ1v) is 21.7. The molecule has 0 saturated carbocycles. The summed E-state index contributed by atoms with van der Waals surface area (Å²) in [6.07, 6.45) is 0. The van der Waals surface area contributed by atoms with Crippen LogP contribution in [0.25, 0.3) is 116 Å². The lowest BCUT2D eigenvalue weighted by molar-refractivity contribution is 1.15. The molecule has 0 unspecified atom stereocenters. The molecule has 0 aliphatic rings. The Morgan fingerprint density at radius 3 is 1.14 bits per heavy atom. The van der Waals surface area contributed by atoms with E-state index in [9.17, 15) is 0 Å². The Morgan fingerprint density at radius 2 is 0.556 bits per heavy atom. The van der Waals surface area contributed by atoms with E-state index in [-0.39, 0.29) is 0 Å². The molecular formula is C60H39N3. The number of para-hydroxylation sites is 3. The normalized spacial score (nSPS) is 11.8. The third-order valence-corrected chi connectivity index (χ3v) is 13.0. The van der Waals surface area contributed by atoms with Crippen LogP contribution in [0.4, 0.5) is 0 Å². The lowest BCUT2D eigenvalue weighted by Gasteiger charge is -2.13. The average Bonchev–Trinajstić information content (AvgIpc) is 4.00. The molecule has 10 aromatic carbocycles. The summed E-state index contributed by atoms with van der Waals surface area (Å²) in [6, 6.07) is 86.4. The van der Waals surface area contributed by atoms with E-state index in [0.29, 0.717) is 0 Å². The van der Waals surface area contributed by atoms with Crippen molar-refractivity contribution in [2.24, 2.45) is 0 Å². The van der Waals surface area contributed by atoms with Crippen LogP contribution in [-0.4, -0.2) is 13.7 Å². The molecule has 3 aromatic heterocycles. The fourth-order valence-electron chi connectivity index (χ4n) is 10.2. The van der Waals surface area contributed by atoms with Crippen molar-refractivity contribution >= 4 is 65.4 Å². The van der Waals surface area contributed by atoms with Gasteiger partial charge in [0.1, 0.15) is 0 Å². The first kappa shape index (κ1) is 35.4. The molecule has 3 nitrogen and oxygen atoms in total. The molecule has 0 spiro atoms. The summed E-state index contributed by atoms with van der Waals surface area (Å²) >= 11 is 0. The van der Waals surface area contributed by atoms with Gasteiger partial charge in [0.15, 0.2) is 0 Å². The summed E-state index contributed by atoms with van der Waals surface area (Å²) in [4.78, 5) is 0. The minimum atomic E-state index is 1.13. The number of hydrogen-bond acceptors (Lipinski definition) is 0. The van der Waals surface area contributed by atoms with Crippen molar-refractivity contribution in [2.75, 3.05) is 0 Å². The van der Waals surface area contributed by atoms with Gasteiger partial charge in [0, 0.05) is 49.4 Å². The second-order valence-corrected chi connectivity index (χ2v) is 16.5. The van der Waals surface area contributed by atoms with Crippen LogP contribution in [0.1, 0.15) is 0 Å². The average molecular weight is 802 g/mol. The van der Waals surface area contributed by atoms with Crippen molar-refractivity contribution < 1.29 is 0 Å². The lowest BCUT2D eigenvalue weighted by Crippen LogP contribution is -1.98. The van der Waals surface area contributed by atoms with Crippen LogP contribution in [0, 0.1) is 0 Å². The van der Waals surface area contributed by atoms with Crippen molar-refractivity contribution in [3.63, 3.8) is 0 Å². The quantitative estimate of drug-likeness (QED) is 0.159. The van der Waals surface area contributed by atoms with Gasteiger partial charge in [-0.1, -0.05) is 164 Å². The van der Waals surface area contributed by atoms with Crippen LogP contribution in [0.15, 0.2) is 237 Å². The predicted octanol–water partition coefficient (Wildman–Crippen LogP) is 16.0. The summed E-state index contributed by atoms with van der Waals surface area (Å²) in [5.41, 5.74) is 17.8. The topological polar surface area (TPSA) is 14.8 Å². The number of rotatable bonds is 6. The SMILES string of the molecule is c1ccc(-c2cccc(-n3c4ccccc4c4cc(-c5ccc6c(c5)c5ccc7c8ccccc8n(-c8ccccc8)c7c5n6-c5cccc(-c6ccccc6)c5)ccc43)c2)cc1. The molecule has 13 aromatic rings. The number of fused-ring (bicyclic) bond motifs is 10. The lowest BCUT2D eigenvalue weighted by atomic mass is 10.00. The Morgan fingerprint density at radius 1 is 0.190 bits per heavy atom. The zero-order valence-corrected chi connectivity index (χ0v) is 34.4. The number of nitrogens with zero attached hydrogens (tertiary/aromatic N) is 3. The molecule has 0 bridgehead atoms. The van der Waals surface area contributed by atoms with Crippen LogP contribution < -0.4 is 0 Å². The van der Waals surface area contributed by atoms with Gasteiger partial charge < -0.3 is 13.7 Å². The molecule has 0 radical (unpaired) electrons. The van der Waals surface area contributed by atoms with Gasteiger partial charge in [-0.2, -0.15) is 0 Å². The first-order chi connectivity index (χ1) is 31.3. The van der Waals surface area contributed by atoms with Crippen molar-refractivity contribution in [1.82, 2.24) is 13.7 Å². The van der Waals surface area contributed by atoms with Gasteiger partial charge >= 0.3 is 0 Å². The van der Waals surface area contributed by atoms with Gasteiger partial charge in [-0.3, -0.25) is 0 Å². The standard InChI is InChI=1S/C60H39N3/c1-4-16-40(17-5-1)42-20-14-24-47(36-42)61-55-28-12-11-27-50(55)53-38-44(30-34-57(53)61)45-31-35-58-54(39-45)52-33-32-51-49-26-10-13-29-56(49)62(46-22-8-3-9-23-46)59(51)60(52)63(58)48-25-15-21-43(37-48)41-18-6-2-7-19-41/h1-39H. The monoisotopic (exact) mass is 801 g/mol. The van der Waals surface area contributed by atoms with E-state index in [1.807, 2.05) is 0 Å². The number of benzene rings is 10. The summed E-state index contributed by atoms with van der Waals surface area (Å²) < 4.78 is 7.38. The highest BCUT2D eigenvalue weighted by Gasteiger charge is 2.22. The molecule has 3 heteroatoms. The Bertz CT molecular complexity index is 3890. The van der Waals surface area contributed by atoms with Crippen LogP contribution in [0.5, 0.6) is 0 Å². The fraction of sp³-hybridized carbons (Fsp3) is 0. The highest BCUT2D eigenvalue weighted by atomic mass is 15.0. The van der Waals surface area contributed by atoms with E-state index >= 15 is 0 Å². The summed E-state index contributed by atoms with van der Waals surface area (Å²) in [5, 5.41) is 7.41. The maximum Gasteiger partial charge on any atom is 0.0788 e. The van der Waals surface area contributed by atoms with E-state index in [1.165, 1.54) is 98.8 Å². The molecule has 13 rings (SSSR count). The molecule has 0 aliphatic heterocycles. The Labute approximate surface area is 364 Å². The second-order valence-electron chi connectivity index (χ2n) is 16.5. The van der Waals surface area contributed by atoms with Gasteiger partial charge in [-0.25, -0.2) is 0 Å². The van der Waals surface area contributed by atoms with Gasteiger partial charge in [-0.05, 0) is 106 Å². The minimum absolute atomic E-state index is 1.13. The van der Waals surface area contributed by atoms with E-state index in [0.717, 1.165) is 17.1 Å². The third kappa shape index (κ3) is 5.53. The molecule has 0 aliphatic carbocycles. The Balaban J connectivity index is 1.06. The predicted molar refractivity (Wildman–Crippen MR) is 266 cm³/mol. The van der Waals surface area contributed by atoms with E-state index in [1.54, 1.807) is 0 Å². The zero-order valence-electron chi connectivity index (χ0n) is 34.4. The van der Waals surface area contributed by atoms with Crippen molar-refractivity contribution in [3.05, 3.63) is 237 Å². The summed E-state index contributed by atoms with van der Waals surface area (Å²) in [7, 11) is 0. The van der Waals surface area contributed by atoms with Gasteiger partial charge in [0.05, 0.1) is 33.1 Å². The number of hydrogen-bond donors (Lipinski definition) is 0. The van der Waals surface area contributed by atoms with E-state index in [4.69, 9.17) is 0 Å². The fourth-order valence-corrected chi connectivity index (χ4v) is 10.2. The first-order valence-electron chi connectivity index (χ1n) is 21.7. The van der Waals surface area contributed by atoms with Gasteiger partial charge in [0.2, 0.25) is 0 Å². The van der Waals surface area contributed by atoms with Crippen LogP contribution in [0.3, 0.4) is 0 Å². The minimum Gasteiger partial charge on any atom is -0.309 e. The second kappa shape index (κ2) is 14.1. The molecular weight excluding hydrogens is 763 g/mol. The maximum atomic E-state index is 2.50. The molecule has 0 fully saturated rings. The molecule has 0 amide bonds. The van der Waals surface area contributed by atoms with E-state index in [2.05, 4.69) is 250 Å². The van der Waals surface area contributed by atoms with Crippen LogP contribution >= 0.6 is 0 Å². The molecule has 3 heterocycles. The largest absolute Gasteiger partial charge is 0.309 e. The van der Waals surface area contributed by atoms with Gasteiger partial charge in [-0.15, -0.1) is 0 Å². The molecule has 0 atom stereocenters. The van der Waals surface area contributed by atoms with E-state index < -0.39 is 0 Å². The van der Waals surface area contributed by atoms with Gasteiger partial charge in [0.25, 0.3) is 0 Å². The van der Waals surface area contributed by atoms with Crippen molar-refractivity contribution in [3.8, 4) is 50.4 Å². The summed E-state index contributed by atoms with van der Waals surface area (Å²) in [6.45, 7) is 0. The molecule has 0 N–H and O–H groups in total.